The molecule has 1 rings (SSSR count). The van der Waals surface area contributed by atoms with Crippen LogP contribution in [0.4, 0.5) is 0 Å². The van der Waals surface area contributed by atoms with Crippen molar-refractivity contribution in [1.29, 1.82) is 5.26 Å². The SMILES string of the molecule is CCc1ccccc1C(N=NC#N)C(=O)O. The number of nitrogens with zero attached hydrogens (tertiary/aromatic N) is 3. The molecule has 5 heteroatoms. The van der Waals surface area contributed by atoms with Crippen LogP contribution in [0.1, 0.15) is 24.1 Å². The number of aliphatic carboxylic acids is 1. The van der Waals surface area contributed by atoms with E-state index < -0.39 is 12.0 Å². The fraction of sp³-hybridized carbons (Fsp3) is 0.273. The molecular weight excluding hydrogens is 206 g/mol. The zero-order valence-electron chi connectivity index (χ0n) is 8.79. The fourth-order valence-corrected chi connectivity index (χ4v) is 1.45. The van der Waals surface area contributed by atoms with Crippen LogP contribution in [0, 0.1) is 11.5 Å². The van der Waals surface area contributed by atoms with Crippen LogP contribution >= 0.6 is 0 Å². The Kier molecular flexibility index (Phi) is 4.16. The summed E-state index contributed by atoms with van der Waals surface area (Å²) < 4.78 is 0. The van der Waals surface area contributed by atoms with E-state index in [1.54, 1.807) is 12.1 Å². The van der Waals surface area contributed by atoms with Gasteiger partial charge in [0.2, 0.25) is 6.19 Å². The number of hydrogen-bond acceptors (Lipinski definition) is 4. The number of rotatable bonds is 4. The molecule has 0 saturated carbocycles. The lowest BCUT2D eigenvalue weighted by molar-refractivity contribution is -0.138. The van der Waals surface area contributed by atoms with Gasteiger partial charge in [-0.1, -0.05) is 36.3 Å². The van der Waals surface area contributed by atoms with E-state index in [2.05, 4.69) is 10.2 Å². The highest BCUT2D eigenvalue weighted by Crippen LogP contribution is 2.22. The molecule has 0 spiro atoms. The van der Waals surface area contributed by atoms with E-state index in [0.717, 1.165) is 5.56 Å². The van der Waals surface area contributed by atoms with Gasteiger partial charge in [-0.2, -0.15) is 10.4 Å². The van der Waals surface area contributed by atoms with E-state index in [9.17, 15) is 4.79 Å². The quantitative estimate of drug-likeness (QED) is 0.620. The highest BCUT2D eigenvalue weighted by Gasteiger charge is 2.21. The van der Waals surface area contributed by atoms with E-state index in [-0.39, 0.29) is 0 Å². The van der Waals surface area contributed by atoms with Crippen molar-refractivity contribution in [3.05, 3.63) is 35.4 Å². The Morgan fingerprint density at radius 1 is 1.56 bits per heavy atom. The molecule has 0 aromatic heterocycles. The maximum Gasteiger partial charge on any atom is 0.335 e. The maximum atomic E-state index is 11.0. The van der Waals surface area contributed by atoms with Crippen molar-refractivity contribution in [2.45, 2.75) is 19.4 Å². The molecule has 0 heterocycles. The number of aryl methyl sites for hydroxylation is 1. The molecule has 0 bridgehead atoms. The molecule has 1 aromatic carbocycles. The monoisotopic (exact) mass is 217 g/mol. The van der Waals surface area contributed by atoms with Crippen molar-refractivity contribution in [2.24, 2.45) is 10.2 Å². The van der Waals surface area contributed by atoms with Crippen LogP contribution in [0.5, 0.6) is 0 Å². The highest BCUT2D eigenvalue weighted by molar-refractivity contribution is 5.76. The van der Waals surface area contributed by atoms with Crippen molar-refractivity contribution in [3.8, 4) is 6.19 Å². The molecular formula is C11H11N3O2. The maximum absolute atomic E-state index is 11.0. The van der Waals surface area contributed by atoms with Gasteiger partial charge >= 0.3 is 5.97 Å². The Morgan fingerprint density at radius 3 is 2.81 bits per heavy atom. The normalized spacial score (nSPS) is 12.2. The van der Waals surface area contributed by atoms with Gasteiger partial charge in [-0.15, -0.1) is 0 Å². The summed E-state index contributed by atoms with van der Waals surface area (Å²) in [6.45, 7) is 1.93. The van der Waals surface area contributed by atoms with Crippen LogP contribution in [0.2, 0.25) is 0 Å². The molecule has 0 radical (unpaired) electrons. The van der Waals surface area contributed by atoms with Gasteiger partial charge in [0, 0.05) is 0 Å². The molecule has 1 N–H and O–H groups in total. The minimum Gasteiger partial charge on any atom is -0.479 e. The molecule has 0 aliphatic heterocycles. The summed E-state index contributed by atoms with van der Waals surface area (Å²) in [5, 5.41) is 23.9. The molecule has 0 amide bonds. The Bertz CT molecular complexity index is 449. The fourth-order valence-electron chi connectivity index (χ4n) is 1.45. The van der Waals surface area contributed by atoms with Gasteiger partial charge in [-0.05, 0) is 17.5 Å². The van der Waals surface area contributed by atoms with E-state index in [1.165, 1.54) is 6.19 Å². The number of benzene rings is 1. The second-order valence-electron chi connectivity index (χ2n) is 3.11. The average molecular weight is 217 g/mol. The van der Waals surface area contributed by atoms with Gasteiger partial charge in [0.25, 0.3) is 0 Å². The smallest absolute Gasteiger partial charge is 0.335 e. The second-order valence-corrected chi connectivity index (χ2v) is 3.11. The molecule has 1 atom stereocenters. The largest absolute Gasteiger partial charge is 0.479 e. The molecule has 0 aliphatic carbocycles. The standard InChI is InChI=1S/C11H11N3O2/c1-2-8-5-3-4-6-9(8)10(11(15)16)14-13-7-12/h3-6,10H,2H2,1H3,(H,15,16). The first kappa shape index (κ1) is 11.9. The van der Waals surface area contributed by atoms with Gasteiger partial charge in [0.05, 0.1) is 0 Å². The molecule has 0 aliphatic rings. The molecule has 0 saturated heterocycles. The Balaban J connectivity index is 3.16. The van der Waals surface area contributed by atoms with Gasteiger partial charge in [-0.3, -0.25) is 0 Å². The summed E-state index contributed by atoms with van der Waals surface area (Å²) in [6, 6.07) is 6.01. The average Bonchev–Trinajstić information content (AvgIpc) is 2.29. The van der Waals surface area contributed by atoms with Crippen LogP contribution < -0.4 is 0 Å². The number of hydrogen-bond donors (Lipinski definition) is 1. The van der Waals surface area contributed by atoms with E-state index in [4.69, 9.17) is 10.4 Å². The third kappa shape index (κ3) is 2.64. The molecule has 1 aromatic rings. The van der Waals surface area contributed by atoms with Crippen LogP contribution in [0.25, 0.3) is 0 Å². The first-order valence-corrected chi connectivity index (χ1v) is 4.80. The van der Waals surface area contributed by atoms with E-state index in [1.807, 2.05) is 19.1 Å². The highest BCUT2D eigenvalue weighted by atomic mass is 16.4. The first-order chi connectivity index (χ1) is 7.70. The third-order valence-electron chi connectivity index (χ3n) is 2.18. The van der Waals surface area contributed by atoms with E-state index >= 15 is 0 Å². The summed E-state index contributed by atoms with van der Waals surface area (Å²) in [4.78, 5) is 11.0. The van der Waals surface area contributed by atoms with Crippen molar-refractivity contribution in [3.63, 3.8) is 0 Å². The van der Waals surface area contributed by atoms with Crippen molar-refractivity contribution in [2.75, 3.05) is 0 Å². The zero-order valence-corrected chi connectivity index (χ0v) is 8.79. The Hall–Kier alpha value is -2.22. The van der Waals surface area contributed by atoms with E-state index in [0.29, 0.717) is 12.0 Å². The lowest BCUT2D eigenvalue weighted by Crippen LogP contribution is -2.10. The van der Waals surface area contributed by atoms with Gasteiger partial charge in [0.15, 0.2) is 6.04 Å². The molecule has 82 valence electrons. The third-order valence-corrected chi connectivity index (χ3v) is 2.18. The van der Waals surface area contributed by atoms with Crippen LogP contribution in [-0.2, 0) is 11.2 Å². The molecule has 1 unspecified atom stereocenters. The van der Waals surface area contributed by atoms with Gasteiger partial charge < -0.3 is 5.11 Å². The number of carboxylic acids is 1. The molecule has 16 heavy (non-hydrogen) atoms. The Labute approximate surface area is 93.1 Å². The minimum atomic E-state index is -1.11. The first-order valence-electron chi connectivity index (χ1n) is 4.80. The lowest BCUT2D eigenvalue weighted by Gasteiger charge is -2.10. The lowest BCUT2D eigenvalue weighted by atomic mass is 9.99. The summed E-state index contributed by atoms with van der Waals surface area (Å²) in [5.41, 5.74) is 1.48. The van der Waals surface area contributed by atoms with Crippen molar-refractivity contribution >= 4 is 5.97 Å². The second kappa shape index (κ2) is 5.61. The molecule has 5 nitrogen and oxygen atoms in total. The summed E-state index contributed by atoms with van der Waals surface area (Å²) in [5.74, 6) is -1.11. The number of azo groups is 1. The predicted octanol–water partition coefficient (Wildman–Crippen LogP) is 2.31. The van der Waals surface area contributed by atoms with Crippen LogP contribution in [0.15, 0.2) is 34.5 Å². The van der Waals surface area contributed by atoms with Crippen molar-refractivity contribution in [1.82, 2.24) is 0 Å². The zero-order chi connectivity index (χ0) is 12.0. The van der Waals surface area contributed by atoms with Gasteiger partial charge in [0.1, 0.15) is 0 Å². The summed E-state index contributed by atoms with van der Waals surface area (Å²) in [7, 11) is 0. The number of nitriles is 1. The van der Waals surface area contributed by atoms with Crippen LogP contribution in [0.3, 0.4) is 0 Å². The van der Waals surface area contributed by atoms with Crippen LogP contribution in [-0.4, -0.2) is 11.1 Å². The topological polar surface area (TPSA) is 85.8 Å². The predicted molar refractivity (Wildman–Crippen MR) is 56.7 cm³/mol. The van der Waals surface area contributed by atoms with Crippen molar-refractivity contribution < 1.29 is 9.90 Å². The number of carboxylic acid groups (broad SMARTS) is 1. The summed E-state index contributed by atoms with van der Waals surface area (Å²) in [6.07, 6.45) is 2.17. The minimum absolute atomic E-state index is 0.580. The number of carbonyl (C=O) groups is 1. The molecule has 0 fully saturated rings. The van der Waals surface area contributed by atoms with Gasteiger partial charge in [-0.25, -0.2) is 4.79 Å². The summed E-state index contributed by atoms with van der Waals surface area (Å²) >= 11 is 0. The Morgan fingerprint density at radius 2 is 2.25 bits per heavy atom.